The molecule has 0 saturated carbocycles. The minimum Gasteiger partial charge on any atom is -0.491 e. The van der Waals surface area contributed by atoms with Crippen LogP contribution in [0.5, 0.6) is 5.75 Å². The number of rotatable bonds is 13. The van der Waals surface area contributed by atoms with Crippen LogP contribution in [0.1, 0.15) is 51.5 Å². The smallest absolute Gasteiger partial charge is 0.119 e. The van der Waals surface area contributed by atoms with Gasteiger partial charge in [-0.3, -0.25) is 0 Å². The Morgan fingerprint density at radius 2 is 1.81 bits per heavy atom. The van der Waals surface area contributed by atoms with Crippen LogP contribution < -0.4 is 10.1 Å². The molecule has 0 unspecified atom stereocenters. The van der Waals surface area contributed by atoms with Gasteiger partial charge in [-0.1, -0.05) is 51.7 Å². The molecule has 0 aliphatic rings. The van der Waals surface area contributed by atoms with Crippen LogP contribution in [-0.4, -0.2) is 26.4 Å². The number of nitrogens with one attached hydrogen (secondary N) is 1. The van der Waals surface area contributed by atoms with E-state index in [1.165, 1.54) is 31.2 Å². The van der Waals surface area contributed by atoms with E-state index in [0.29, 0.717) is 13.2 Å². The summed E-state index contributed by atoms with van der Waals surface area (Å²) in [5.74, 6) is 0.928. The Balaban J connectivity index is 2.04. The van der Waals surface area contributed by atoms with Gasteiger partial charge >= 0.3 is 0 Å². The largest absolute Gasteiger partial charge is 0.491 e. The van der Waals surface area contributed by atoms with Crippen molar-refractivity contribution in [2.75, 3.05) is 26.4 Å². The zero-order valence-corrected chi connectivity index (χ0v) is 13.7. The summed E-state index contributed by atoms with van der Waals surface area (Å²) in [5.41, 5.74) is 1.26. The van der Waals surface area contributed by atoms with E-state index in [9.17, 15) is 0 Å². The Labute approximate surface area is 130 Å². The highest BCUT2D eigenvalue weighted by Gasteiger charge is 1.97. The van der Waals surface area contributed by atoms with Crippen molar-refractivity contribution in [3.63, 3.8) is 0 Å². The lowest BCUT2D eigenvalue weighted by Gasteiger charge is -2.09. The summed E-state index contributed by atoms with van der Waals surface area (Å²) in [6.45, 7) is 8.37. The molecular weight excluding hydrogens is 262 g/mol. The second-order valence-electron chi connectivity index (χ2n) is 5.30. The molecule has 0 heterocycles. The third-order valence-corrected chi connectivity index (χ3v) is 3.37. The number of unbranched alkanes of at least 4 members (excludes halogenated alkanes) is 4. The molecule has 0 fully saturated rings. The molecular formula is C18H31NO2. The van der Waals surface area contributed by atoms with Crippen LogP contribution in [0.4, 0.5) is 0 Å². The molecule has 3 heteroatoms. The predicted molar refractivity (Wildman–Crippen MR) is 88.9 cm³/mol. The van der Waals surface area contributed by atoms with E-state index in [4.69, 9.17) is 9.47 Å². The van der Waals surface area contributed by atoms with Gasteiger partial charge < -0.3 is 14.8 Å². The Bertz CT molecular complexity index is 355. The highest BCUT2D eigenvalue weighted by molar-refractivity contribution is 5.28. The number of hydrogen-bond acceptors (Lipinski definition) is 3. The number of hydrogen-bond donors (Lipinski definition) is 1. The lowest BCUT2D eigenvalue weighted by atomic mass is 10.2. The van der Waals surface area contributed by atoms with Gasteiger partial charge in [-0.15, -0.1) is 0 Å². The monoisotopic (exact) mass is 293 g/mol. The first kappa shape index (κ1) is 18.0. The van der Waals surface area contributed by atoms with E-state index in [-0.39, 0.29) is 0 Å². The maximum absolute atomic E-state index is 5.72. The van der Waals surface area contributed by atoms with Gasteiger partial charge in [0.05, 0.1) is 6.61 Å². The minimum absolute atomic E-state index is 0.625. The van der Waals surface area contributed by atoms with Gasteiger partial charge in [-0.05, 0) is 30.7 Å². The molecule has 0 aliphatic heterocycles. The highest BCUT2D eigenvalue weighted by Crippen LogP contribution is 2.13. The second kappa shape index (κ2) is 12.7. The normalized spacial score (nSPS) is 10.8. The minimum atomic E-state index is 0.625. The third kappa shape index (κ3) is 9.48. The molecule has 1 aromatic rings. The van der Waals surface area contributed by atoms with Crippen LogP contribution in [0.25, 0.3) is 0 Å². The first-order chi connectivity index (χ1) is 10.4. The lowest BCUT2D eigenvalue weighted by molar-refractivity contribution is 0.0970. The first-order valence-corrected chi connectivity index (χ1v) is 8.37. The van der Waals surface area contributed by atoms with Crippen LogP contribution >= 0.6 is 0 Å². The zero-order valence-electron chi connectivity index (χ0n) is 13.7. The van der Waals surface area contributed by atoms with E-state index in [2.05, 4.69) is 31.3 Å². The van der Waals surface area contributed by atoms with Crippen molar-refractivity contribution in [2.45, 2.75) is 52.5 Å². The molecule has 0 amide bonds. The van der Waals surface area contributed by atoms with Crippen LogP contribution in [-0.2, 0) is 11.3 Å². The van der Waals surface area contributed by atoms with Crippen LogP contribution in [0, 0.1) is 0 Å². The summed E-state index contributed by atoms with van der Waals surface area (Å²) in [7, 11) is 0. The van der Waals surface area contributed by atoms with E-state index >= 15 is 0 Å². The van der Waals surface area contributed by atoms with Gasteiger partial charge in [0.15, 0.2) is 0 Å². The average Bonchev–Trinajstić information content (AvgIpc) is 2.52. The third-order valence-electron chi connectivity index (χ3n) is 3.37. The maximum Gasteiger partial charge on any atom is 0.119 e. The molecule has 0 aliphatic carbocycles. The highest BCUT2D eigenvalue weighted by atomic mass is 16.5. The summed E-state index contributed by atoms with van der Waals surface area (Å²) < 4.78 is 11.3. The molecule has 1 N–H and O–H groups in total. The van der Waals surface area contributed by atoms with Gasteiger partial charge in [-0.2, -0.15) is 0 Å². The van der Waals surface area contributed by atoms with E-state index in [1.807, 2.05) is 12.1 Å². The van der Waals surface area contributed by atoms with Crippen molar-refractivity contribution in [1.29, 1.82) is 0 Å². The van der Waals surface area contributed by atoms with Gasteiger partial charge in [0.25, 0.3) is 0 Å². The molecule has 0 radical (unpaired) electrons. The summed E-state index contributed by atoms with van der Waals surface area (Å²) >= 11 is 0. The number of ether oxygens (including phenoxy) is 2. The SMILES string of the molecule is CCCCCCCOCCOc1cccc(CNCC)c1. The topological polar surface area (TPSA) is 30.5 Å². The molecule has 1 aromatic carbocycles. The fourth-order valence-electron chi connectivity index (χ4n) is 2.14. The average molecular weight is 293 g/mol. The van der Waals surface area contributed by atoms with Crippen LogP contribution in [0.2, 0.25) is 0 Å². The molecule has 1 rings (SSSR count). The van der Waals surface area contributed by atoms with Gasteiger partial charge in [0, 0.05) is 13.2 Å². The van der Waals surface area contributed by atoms with Crippen LogP contribution in [0.15, 0.2) is 24.3 Å². The summed E-state index contributed by atoms with van der Waals surface area (Å²) in [6.07, 6.45) is 6.40. The Morgan fingerprint density at radius 3 is 2.62 bits per heavy atom. The van der Waals surface area contributed by atoms with E-state index < -0.39 is 0 Å². The van der Waals surface area contributed by atoms with Gasteiger partial charge in [-0.25, -0.2) is 0 Å². The van der Waals surface area contributed by atoms with Crippen molar-refractivity contribution in [2.24, 2.45) is 0 Å². The van der Waals surface area contributed by atoms with E-state index in [0.717, 1.165) is 31.9 Å². The molecule has 0 aromatic heterocycles. The first-order valence-electron chi connectivity index (χ1n) is 8.37. The summed E-state index contributed by atoms with van der Waals surface area (Å²) in [5, 5.41) is 3.32. The predicted octanol–water partition coefficient (Wildman–Crippen LogP) is 4.16. The molecule has 120 valence electrons. The van der Waals surface area contributed by atoms with Gasteiger partial charge in [0.1, 0.15) is 12.4 Å². The van der Waals surface area contributed by atoms with Crippen molar-refractivity contribution in [1.82, 2.24) is 5.32 Å². The van der Waals surface area contributed by atoms with Crippen molar-refractivity contribution in [3.8, 4) is 5.75 Å². The van der Waals surface area contributed by atoms with E-state index in [1.54, 1.807) is 0 Å². The second-order valence-corrected chi connectivity index (χ2v) is 5.30. The molecule has 21 heavy (non-hydrogen) atoms. The molecule has 3 nitrogen and oxygen atoms in total. The van der Waals surface area contributed by atoms with Crippen molar-refractivity contribution < 1.29 is 9.47 Å². The Hall–Kier alpha value is -1.06. The van der Waals surface area contributed by atoms with Crippen molar-refractivity contribution >= 4 is 0 Å². The Kier molecular flexibility index (Phi) is 10.8. The van der Waals surface area contributed by atoms with Gasteiger partial charge in [0.2, 0.25) is 0 Å². The molecule has 0 bridgehead atoms. The lowest BCUT2D eigenvalue weighted by Crippen LogP contribution is -2.12. The zero-order chi connectivity index (χ0) is 15.2. The summed E-state index contributed by atoms with van der Waals surface area (Å²) in [4.78, 5) is 0. The number of benzene rings is 1. The molecule has 0 atom stereocenters. The van der Waals surface area contributed by atoms with Crippen LogP contribution in [0.3, 0.4) is 0 Å². The fraction of sp³-hybridized carbons (Fsp3) is 0.667. The quantitative estimate of drug-likeness (QED) is 0.554. The Morgan fingerprint density at radius 1 is 0.952 bits per heavy atom. The van der Waals surface area contributed by atoms with Crippen molar-refractivity contribution in [3.05, 3.63) is 29.8 Å². The molecule has 0 saturated heterocycles. The standard InChI is InChI=1S/C18H31NO2/c1-3-5-6-7-8-12-20-13-14-21-18-11-9-10-17(15-18)16-19-4-2/h9-11,15,19H,3-8,12-14,16H2,1-2H3. The molecule has 0 spiro atoms. The summed E-state index contributed by atoms with van der Waals surface area (Å²) in [6, 6.07) is 8.24. The fourth-order valence-corrected chi connectivity index (χ4v) is 2.14. The maximum atomic E-state index is 5.72.